The first-order valence-corrected chi connectivity index (χ1v) is 22.0. The van der Waals surface area contributed by atoms with Crippen LogP contribution >= 0.6 is 0 Å². The van der Waals surface area contributed by atoms with Crippen molar-refractivity contribution in [3.05, 3.63) is 252 Å². The van der Waals surface area contributed by atoms with Gasteiger partial charge in [0.25, 0.3) is 0 Å². The molecule has 0 N–H and O–H groups in total. The minimum atomic E-state index is -0.609. The van der Waals surface area contributed by atoms with Gasteiger partial charge in [0.2, 0.25) is 0 Å². The Labute approximate surface area is 373 Å². The maximum absolute atomic E-state index is 5.34. The predicted molar refractivity (Wildman–Crippen MR) is 260 cm³/mol. The quantitative estimate of drug-likeness (QED) is 0.168. The summed E-state index contributed by atoms with van der Waals surface area (Å²) in [6, 6.07) is 77.9. The van der Waals surface area contributed by atoms with Crippen LogP contribution in [0.1, 0.15) is 47.2 Å². The van der Waals surface area contributed by atoms with E-state index in [2.05, 4.69) is 196 Å². The number of hydrogen-bond acceptors (Lipinski definition) is 4. The molecule has 2 aliphatic rings. The minimum Gasteiger partial charge on any atom is -0.248 e. The molecule has 2 aromatic heterocycles. The molecule has 0 bridgehead atoms. The Kier molecular flexibility index (Phi) is 8.70. The smallest absolute Gasteiger partial charge is 0.164 e. The maximum atomic E-state index is 5.34. The van der Waals surface area contributed by atoms with Gasteiger partial charge in [-0.2, -0.15) is 0 Å². The Morgan fingerprint density at radius 1 is 0.281 bits per heavy atom. The summed E-state index contributed by atoms with van der Waals surface area (Å²) in [5.74, 6) is 1.91. The van der Waals surface area contributed by atoms with Crippen molar-refractivity contribution in [1.29, 1.82) is 0 Å². The highest BCUT2D eigenvalue weighted by molar-refractivity contribution is 5.97. The SMILES string of the molecule is CC1(C)c2ccccc2C2(c3ccc(-c4cc(-c5ccccc5)nc(-c5ccccc5)c4)cc3-c3c(-c4nc(-c5ccccc5)nc(-c5ccccc5)n4)cccc32)c2ccccc21. The fourth-order valence-electron chi connectivity index (χ4n) is 10.5. The average Bonchev–Trinajstić information content (AvgIpc) is 3.67. The molecule has 0 saturated heterocycles. The third-order valence-corrected chi connectivity index (χ3v) is 13.4. The highest BCUT2D eigenvalue weighted by atomic mass is 15.0. The predicted octanol–water partition coefficient (Wildman–Crippen LogP) is 14.3. The zero-order valence-electron chi connectivity index (χ0n) is 35.6. The van der Waals surface area contributed by atoms with Gasteiger partial charge < -0.3 is 0 Å². The van der Waals surface area contributed by atoms with Crippen LogP contribution in [-0.2, 0) is 10.8 Å². The third kappa shape index (κ3) is 5.83. The fraction of sp³-hybridized carbons (Fsp3) is 0.0667. The van der Waals surface area contributed by atoms with Crippen molar-refractivity contribution < 1.29 is 0 Å². The van der Waals surface area contributed by atoms with Crippen molar-refractivity contribution in [3.63, 3.8) is 0 Å². The highest BCUT2D eigenvalue weighted by Crippen LogP contribution is 2.63. The molecule has 0 amide bonds. The van der Waals surface area contributed by atoms with E-state index in [1.54, 1.807) is 0 Å². The molecule has 0 unspecified atom stereocenters. The molecule has 10 aromatic rings. The van der Waals surface area contributed by atoms with Gasteiger partial charge in [-0.1, -0.05) is 214 Å². The van der Waals surface area contributed by atoms with E-state index in [1.165, 1.54) is 33.4 Å². The Bertz CT molecular complexity index is 3230. The maximum Gasteiger partial charge on any atom is 0.164 e. The molecule has 2 heterocycles. The number of aromatic nitrogens is 4. The number of hydrogen-bond donors (Lipinski definition) is 0. The molecule has 0 radical (unpaired) electrons. The Morgan fingerprint density at radius 2 is 0.719 bits per heavy atom. The van der Waals surface area contributed by atoms with Crippen molar-refractivity contribution in [3.8, 4) is 78.9 Å². The lowest BCUT2D eigenvalue weighted by Gasteiger charge is -2.46. The molecule has 64 heavy (non-hydrogen) atoms. The van der Waals surface area contributed by atoms with Gasteiger partial charge in [0.1, 0.15) is 0 Å². The molecule has 8 aromatic carbocycles. The topological polar surface area (TPSA) is 51.6 Å². The summed E-state index contributed by atoms with van der Waals surface area (Å²) in [6.07, 6.45) is 0. The van der Waals surface area contributed by atoms with Gasteiger partial charge in [-0.3, -0.25) is 0 Å². The molecule has 0 aliphatic heterocycles. The van der Waals surface area contributed by atoms with E-state index in [9.17, 15) is 0 Å². The summed E-state index contributed by atoms with van der Waals surface area (Å²) in [5, 5.41) is 0. The van der Waals surface area contributed by atoms with Crippen molar-refractivity contribution in [2.75, 3.05) is 0 Å². The first kappa shape index (κ1) is 37.7. The molecule has 0 saturated carbocycles. The van der Waals surface area contributed by atoms with Gasteiger partial charge in [0, 0.05) is 33.2 Å². The lowest BCUT2D eigenvalue weighted by atomic mass is 9.55. The van der Waals surface area contributed by atoms with Gasteiger partial charge in [0.05, 0.1) is 16.8 Å². The Hall–Kier alpha value is -8.08. The van der Waals surface area contributed by atoms with Crippen LogP contribution in [0.2, 0.25) is 0 Å². The van der Waals surface area contributed by atoms with E-state index in [0.717, 1.165) is 61.5 Å². The lowest BCUT2D eigenvalue weighted by molar-refractivity contribution is 0.563. The van der Waals surface area contributed by atoms with Crippen LogP contribution in [0.5, 0.6) is 0 Å². The van der Waals surface area contributed by atoms with E-state index in [0.29, 0.717) is 17.5 Å². The van der Waals surface area contributed by atoms with E-state index in [1.807, 2.05) is 36.4 Å². The van der Waals surface area contributed by atoms with Crippen LogP contribution in [0.25, 0.3) is 78.9 Å². The van der Waals surface area contributed by atoms with Crippen LogP contribution in [0, 0.1) is 0 Å². The number of benzene rings is 8. The van der Waals surface area contributed by atoms with E-state index in [-0.39, 0.29) is 5.41 Å². The van der Waals surface area contributed by atoms with E-state index in [4.69, 9.17) is 19.9 Å². The Morgan fingerprint density at radius 3 is 1.23 bits per heavy atom. The summed E-state index contributed by atoms with van der Waals surface area (Å²) in [5.41, 5.74) is 18.2. The number of fused-ring (bicyclic) bond motifs is 9. The normalized spacial score (nSPS) is 13.7. The van der Waals surface area contributed by atoms with Crippen LogP contribution < -0.4 is 0 Å². The summed E-state index contributed by atoms with van der Waals surface area (Å²) >= 11 is 0. The fourth-order valence-corrected chi connectivity index (χ4v) is 10.5. The average molecular weight is 819 g/mol. The molecule has 4 heteroatoms. The van der Waals surface area contributed by atoms with Crippen LogP contribution in [0.4, 0.5) is 0 Å². The first-order valence-electron chi connectivity index (χ1n) is 22.0. The molecular weight excluding hydrogens is 777 g/mol. The largest absolute Gasteiger partial charge is 0.248 e. The second kappa shape index (κ2) is 14.8. The summed E-state index contributed by atoms with van der Waals surface area (Å²) in [6.45, 7) is 4.74. The van der Waals surface area contributed by atoms with Crippen LogP contribution in [0.3, 0.4) is 0 Å². The standard InChI is InChI=1S/C60H42N4/c1-59(2)48-29-15-17-31-50(48)60(51-32-18-16-30-49(51)59)47-35-34-43(44-37-53(39-20-7-3-8-21-39)61-54(38-44)40-22-9-4-10-23-40)36-46(47)55-45(28-19-33-52(55)60)58-63-56(41-24-11-5-12-25-41)62-57(64-58)42-26-13-6-14-27-42/h3-38H,1-2H3. The number of pyridine rings is 1. The molecular formula is C60H42N4. The minimum absolute atomic E-state index is 0.221. The Balaban J connectivity index is 1.17. The van der Waals surface area contributed by atoms with Gasteiger partial charge >= 0.3 is 0 Å². The van der Waals surface area contributed by atoms with E-state index >= 15 is 0 Å². The van der Waals surface area contributed by atoms with Gasteiger partial charge in [-0.25, -0.2) is 19.9 Å². The van der Waals surface area contributed by atoms with Gasteiger partial charge in [-0.05, 0) is 73.8 Å². The number of rotatable bonds is 6. The van der Waals surface area contributed by atoms with Crippen molar-refractivity contribution in [1.82, 2.24) is 19.9 Å². The summed E-state index contributed by atoms with van der Waals surface area (Å²) in [4.78, 5) is 21.0. The van der Waals surface area contributed by atoms with Crippen LogP contribution in [-0.4, -0.2) is 19.9 Å². The van der Waals surface area contributed by atoms with Crippen LogP contribution in [0.15, 0.2) is 218 Å². The van der Waals surface area contributed by atoms with Crippen molar-refractivity contribution in [2.24, 2.45) is 0 Å². The second-order valence-corrected chi connectivity index (χ2v) is 17.4. The molecule has 302 valence electrons. The lowest BCUT2D eigenvalue weighted by Crippen LogP contribution is -2.40. The van der Waals surface area contributed by atoms with Gasteiger partial charge in [0.15, 0.2) is 17.5 Å². The summed E-state index contributed by atoms with van der Waals surface area (Å²) < 4.78 is 0. The molecule has 0 fully saturated rings. The van der Waals surface area contributed by atoms with Crippen molar-refractivity contribution >= 4 is 0 Å². The second-order valence-electron chi connectivity index (χ2n) is 17.4. The zero-order valence-corrected chi connectivity index (χ0v) is 35.6. The van der Waals surface area contributed by atoms with Gasteiger partial charge in [-0.15, -0.1) is 0 Å². The summed E-state index contributed by atoms with van der Waals surface area (Å²) in [7, 11) is 0. The third-order valence-electron chi connectivity index (χ3n) is 13.4. The first-order chi connectivity index (χ1) is 31.5. The monoisotopic (exact) mass is 818 g/mol. The molecule has 1 spiro atoms. The zero-order chi connectivity index (χ0) is 42.8. The van der Waals surface area contributed by atoms with Crippen molar-refractivity contribution in [2.45, 2.75) is 24.7 Å². The highest BCUT2D eigenvalue weighted by Gasteiger charge is 2.54. The molecule has 0 atom stereocenters. The molecule has 2 aliphatic carbocycles. The van der Waals surface area contributed by atoms with E-state index < -0.39 is 5.41 Å². The molecule has 12 rings (SSSR count). The molecule has 4 nitrogen and oxygen atoms in total. The number of nitrogens with zero attached hydrogens (tertiary/aromatic N) is 4.